The molecule has 5 nitrogen and oxygen atoms in total. The molecule has 2 rings (SSSR count). The second-order valence-corrected chi connectivity index (χ2v) is 5.11. The van der Waals surface area contributed by atoms with Crippen LogP contribution >= 0.6 is 11.6 Å². The fourth-order valence-corrected chi connectivity index (χ4v) is 2.60. The van der Waals surface area contributed by atoms with E-state index in [-0.39, 0.29) is 6.04 Å². The van der Waals surface area contributed by atoms with Gasteiger partial charge >= 0.3 is 0 Å². The van der Waals surface area contributed by atoms with Gasteiger partial charge in [-0.15, -0.1) is 0 Å². The van der Waals surface area contributed by atoms with Crippen LogP contribution in [0.4, 0.5) is 0 Å². The third kappa shape index (κ3) is 3.36. The van der Waals surface area contributed by atoms with Gasteiger partial charge in [0.1, 0.15) is 5.75 Å². The van der Waals surface area contributed by atoms with Gasteiger partial charge in [0.25, 0.3) is 0 Å². The van der Waals surface area contributed by atoms with Gasteiger partial charge in [0.2, 0.25) is 0 Å². The summed E-state index contributed by atoms with van der Waals surface area (Å²) in [6, 6.07) is 1.88. The molecule has 21 heavy (non-hydrogen) atoms. The number of halogens is 1. The van der Waals surface area contributed by atoms with Gasteiger partial charge in [0.15, 0.2) is 0 Å². The summed E-state index contributed by atoms with van der Waals surface area (Å²) in [5, 5.41) is 8.51. The Bertz CT molecular complexity index is 585. The molecule has 0 spiro atoms. The van der Waals surface area contributed by atoms with Gasteiger partial charge < -0.3 is 10.1 Å². The Labute approximate surface area is 130 Å². The molecule has 0 amide bonds. The van der Waals surface area contributed by atoms with Crippen LogP contribution in [0, 0.1) is 0 Å². The average molecular weight is 309 g/mol. The van der Waals surface area contributed by atoms with Gasteiger partial charge in [-0.1, -0.05) is 18.5 Å². The molecular formula is C15H21ClN4O. The number of rotatable bonds is 7. The minimum absolute atomic E-state index is 0.0714. The Morgan fingerprint density at radius 1 is 1.38 bits per heavy atom. The topological polar surface area (TPSA) is 52.0 Å². The largest absolute Gasteiger partial charge is 0.495 e. The average Bonchev–Trinajstić information content (AvgIpc) is 2.89. The predicted molar refractivity (Wildman–Crippen MR) is 83.8 cm³/mol. The van der Waals surface area contributed by atoms with Crippen LogP contribution in [-0.2, 0) is 6.54 Å². The van der Waals surface area contributed by atoms with Crippen LogP contribution in [0.5, 0.6) is 5.75 Å². The standard InChI is InChI=1S/C15H21ClN4O/c1-4-7-18-14(11-6-8-17-10-13(11)21-3)15-12(16)9-19-20(15)5-2/h6,8-10,14,18H,4-5,7H2,1-3H3. The molecule has 0 bridgehead atoms. The molecule has 2 heterocycles. The zero-order chi connectivity index (χ0) is 15.2. The molecule has 2 aromatic rings. The highest BCUT2D eigenvalue weighted by Gasteiger charge is 2.24. The first-order chi connectivity index (χ1) is 10.2. The predicted octanol–water partition coefficient (Wildman–Crippen LogP) is 3.05. The Morgan fingerprint density at radius 2 is 2.19 bits per heavy atom. The summed E-state index contributed by atoms with van der Waals surface area (Å²) in [5.74, 6) is 0.742. The number of aryl methyl sites for hydroxylation is 1. The van der Waals surface area contributed by atoms with E-state index in [1.807, 2.05) is 17.7 Å². The smallest absolute Gasteiger partial charge is 0.142 e. The van der Waals surface area contributed by atoms with E-state index in [4.69, 9.17) is 16.3 Å². The van der Waals surface area contributed by atoms with E-state index in [0.717, 1.165) is 36.5 Å². The molecule has 114 valence electrons. The van der Waals surface area contributed by atoms with Crippen molar-refractivity contribution in [3.63, 3.8) is 0 Å². The Morgan fingerprint density at radius 3 is 2.86 bits per heavy atom. The third-order valence-corrected chi connectivity index (χ3v) is 3.64. The van der Waals surface area contributed by atoms with Gasteiger partial charge in [-0.2, -0.15) is 5.10 Å². The Balaban J connectivity index is 2.50. The van der Waals surface area contributed by atoms with Crippen molar-refractivity contribution in [2.24, 2.45) is 0 Å². The number of hydrogen-bond acceptors (Lipinski definition) is 4. The Hall–Kier alpha value is -1.59. The number of hydrogen-bond donors (Lipinski definition) is 1. The molecule has 1 N–H and O–H groups in total. The highest BCUT2D eigenvalue weighted by Crippen LogP contribution is 2.33. The Kier molecular flexibility index (Phi) is 5.59. The number of nitrogens with zero attached hydrogens (tertiary/aromatic N) is 3. The first kappa shape index (κ1) is 15.8. The minimum atomic E-state index is -0.0714. The maximum atomic E-state index is 6.36. The van der Waals surface area contributed by atoms with Gasteiger partial charge in [0, 0.05) is 18.3 Å². The molecular weight excluding hydrogens is 288 g/mol. The van der Waals surface area contributed by atoms with Gasteiger partial charge in [-0.25, -0.2) is 0 Å². The molecule has 0 aliphatic rings. The van der Waals surface area contributed by atoms with Crippen LogP contribution in [0.3, 0.4) is 0 Å². The lowest BCUT2D eigenvalue weighted by atomic mass is 10.0. The van der Waals surface area contributed by atoms with E-state index in [0.29, 0.717) is 5.02 Å². The molecule has 0 fully saturated rings. The maximum absolute atomic E-state index is 6.36. The summed E-state index contributed by atoms with van der Waals surface area (Å²) in [4.78, 5) is 4.12. The van der Waals surface area contributed by atoms with Crippen LogP contribution in [0.15, 0.2) is 24.7 Å². The zero-order valence-corrected chi connectivity index (χ0v) is 13.4. The SMILES string of the molecule is CCCNC(c1ccncc1OC)c1c(Cl)cnn1CC. The van der Waals surface area contributed by atoms with E-state index < -0.39 is 0 Å². The van der Waals surface area contributed by atoms with Gasteiger partial charge in [-0.3, -0.25) is 9.67 Å². The second kappa shape index (κ2) is 7.43. The number of methoxy groups -OCH3 is 1. The molecule has 1 unspecified atom stereocenters. The quantitative estimate of drug-likeness (QED) is 0.854. The molecule has 0 aliphatic heterocycles. The lowest BCUT2D eigenvalue weighted by Crippen LogP contribution is -2.26. The summed E-state index contributed by atoms with van der Waals surface area (Å²) in [7, 11) is 1.65. The van der Waals surface area contributed by atoms with Crippen molar-refractivity contribution in [3.8, 4) is 5.75 Å². The highest BCUT2D eigenvalue weighted by atomic mass is 35.5. The molecule has 0 radical (unpaired) electrons. The molecule has 0 saturated heterocycles. The maximum Gasteiger partial charge on any atom is 0.142 e. The summed E-state index contributed by atoms with van der Waals surface area (Å²) in [6.07, 6.45) is 6.20. The van der Waals surface area contributed by atoms with Crippen molar-refractivity contribution >= 4 is 11.6 Å². The normalized spacial score (nSPS) is 12.4. The van der Waals surface area contributed by atoms with E-state index in [9.17, 15) is 0 Å². The van der Waals surface area contributed by atoms with E-state index in [1.165, 1.54) is 0 Å². The number of pyridine rings is 1. The van der Waals surface area contributed by atoms with Crippen molar-refractivity contribution in [2.75, 3.05) is 13.7 Å². The number of nitrogens with one attached hydrogen (secondary N) is 1. The highest BCUT2D eigenvalue weighted by molar-refractivity contribution is 6.31. The van der Waals surface area contributed by atoms with Crippen LogP contribution < -0.4 is 10.1 Å². The van der Waals surface area contributed by atoms with Crippen molar-refractivity contribution in [1.82, 2.24) is 20.1 Å². The van der Waals surface area contributed by atoms with E-state index in [2.05, 4.69) is 22.3 Å². The number of ether oxygens (including phenoxy) is 1. The fourth-order valence-electron chi connectivity index (χ4n) is 2.35. The minimum Gasteiger partial charge on any atom is -0.495 e. The molecule has 2 aromatic heterocycles. The van der Waals surface area contributed by atoms with Crippen LogP contribution in [0.1, 0.15) is 37.6 Å². The van der Waals surface area contributed by atoms with Crippen LogP contribution in [0.2, 0.25) is 5.02 Å². The second-order valence-electron chi connectivity index (χ2n) is 4.70. The van der Waals surface area contributed by atoms with Crippen molar-refractivity contribution < 1.29 is 4.74 Å². The van der Waals surface area contributed by atoms with Gasteiger partial charge in [-0.05, 0) is 26.0 Å². The lowest BCUT2D eigenvalue weighted by Gasteiger charge is -2.22. The molecule has 0 saturated carbocycles. The van der Waals surface area contributed by atoms with Crippen LogP contribution in [-0.4, -0.2) is 28.4 Å². The van der Waals surface area contributed by atoms with Gasteiger partial charge in [0.05, 0.1) is 36.3 Å². The summed E-state index contributed by atoms with van der Waals surface area (Å²) < 4.78 is 7.35. The third-order valence-electron chi connectivity index (χ3n) is 3.35. The summed E-state index contributed by atoms with van der Waals surface area (Å²) in [5.41, 5.74) is 1.97. The fraction of sp³-hybridized carbons (Fsp3) is 0.467. The summed E-state index contributed by atoms with van der Waals surface area (Å²) >= 11 is 6.36. The zero-order valence-electron chi connectivity index (χ0n) is 12.6. The van der Waals surface area contributed by atoms with E-state index >= 15 is 0 Å². The number of aromatic nitrogens is 3. The molecule has 1 atom stereocenters. The van der Waals surface area contributed by atoms with Crippen molar-refractivity contribution in [2.45, 2.75) is 32.9 Å². The molecule has 6 heteroatoms. The van der Waals surface area contributed by atoms with Crippen molar-refractivity contribution in [1.29, 1.82) is 0 Å². The monoisotopic (exact) mass is 308 g/mol. The van der Waals surface area contributed by atoms with Crippen molar-refractivity contribution in [3.05, 3.63) is 40.9 Å². The first-order valence-corrected chi connectivity index (χ1v) is 7.53. The van der Waals surface area contributed by atoms with Crippen LogP contribution in [0.25, 0.3) is 0 Å². The first-order valence-electron chi connectivity index (χ1n) is 7.15. The lowest BCUT2D eigenvalue weighted by molar-refractivity contribution is 0.399. The molecule has 0 aromatic carbocycles. The van der Waals surface area contributed by atoms with E-state index in [1.54, 1.807) is 25.7 Å². The summed E-state index contributed by atoms with van der Waals surface area (Å²) in [6.45, 7) is 5.82. The molecule has 0 aliphatic carbocycles.